The molecule has 0 spiro atoms. The van der Waals surface area contributed by atoms with Crippen molar-refractivity contribution in [3.8, 4) is 0 Å². The SMILES string of the molecule is C/C=C(\C)C(=O)NC1(C2CCN(C(=O)c3cnc(C(C)(C)C)nc3)CC2)CC1. The zero-order valence-electron chi connectivity index (χ0n) is 17.7. The summed E-state index contributed by atoms with van der Waals surface area (Å²) in [6.07, 6.45) is 9.05. The van der Waals surface area contributed by atoms with Crippen LogP contribution in [0.25, 0.3) is 0 Å². The molecule has 152 valence electrons. The molecule has 1 aliphatic carbocycles. The van der Waals surface area contributed by atoms with Gasteiger partial charge >= 0.3 is 0 Å². The average molecular weight is 385 g/mol. The first kappa shape index (κ1) is 20.5. The monoisotopic (exact) mass is 384 g/mol. The van der Waals surface area contributed by atoms with Crippen molar-refractivity contribution in [1.82, 2.24) is 20.2 Å². The highest BCUT2D eigenvalue weighted by Crippen LogP contribution is 2.46. The minimum atomic E-state index is -0.131. The van der Waals surface area contributed by atoms with Crippen LogP contribution in [-0.4, -0.2) is 45.3 Å². The van der Waals surface area contributed by atoms with Crippen LogP contribution in [-0.2, 0) is 10.2 Å². The van der Waals surface area contributed by atoms with Gasteiger partial charge in [-0.1, -0.05) is 26.8 Å². The van der Waals surface area contributed by atoms with Gasteiger partial charge in [-0.3, -0.25) is 9.59 Å². The van der Waals surface area contributed by atoms with Crippen LogP contribution in [0.15, 0.2) is 24.0 Å². The molecule has 2 heterocycles. The van der Waals surface area contributed by atoms with Gasteiger partial charge in [-0.15, -0.1) is 0 Å². The highest BCUT2D eigenvalue weighted by atomic mass is 16.2. The fourth-order valence-corrected chi connectivity index (χ4v) is 3.87. The zero-order chi connectivity index (χ0) is 20.5. The molecule has 0 radical (unpaired) electrons. The van der Waals surface area contributed by atoms with E-state index >= 15 is 0 Å². The highest BCUT2D eigenvalue weighted by Gasteiger charge is 2.51. The number of aromatic nitrogens is 2. The lowest BCUT2D eigenvalue weighted by atomic mass is 9.86. The largest absolute Gasteiger partial charge is 0.347 e. The molecular formula is C22H32N4O2. The van der Waals surface area contributed by atoms with Crippen molar-refractivity contribution >= 4 is 11.8 Å². The summed E-state index contributed by atoms with van der Waals surface area (Å²) in [6.45, 7) is 11.3. The van der Waals surface area contributed by atoms with Crippen LogP contribution in [0.2, 0.25) is 0 Å². The maximum absolute atomic E-state index is 12.8. The lowest BCUT2D eigenvalue weighted by Gasteiger charge is -2.37. The van der Waals surface area contributed by atoms with Gasteiger partial charge in [0.25, 0.3) is 5.91 Å². The summed E-state index contributed by atoms with van der Waals surface area (Å²) in [6, 6.07) is 0. The van der Waals surface area contributed by atoms with Crippen molar-refractivity contribution in [2.75, 3.05) is 13.1 Å². The van der Waals surface area contributed by atoms with Gasteiger partial charge in [0, 0.05) is 42.0 Å². The van der Waals surface area contributed by atoms with E-state index < -0.39 is 0 Å². The normalized spacial score (nSPS) is 20.0. The van der Waals surface area contributed by atoms with Crippen LogP contribution >= 0.6 is 0 Å². The maximum Gasteiger partial charge on any atom is 0.256 e. The van der Waals surface area contributed by atoms with E-state index in [1.54, 1.807) is 12.4 Å². The van der Waals surface area contributed by atoms with Gasteiger partial charge in [0.15, 0.2) is 0 Å². The number of carbonyl (C=O) groups excluding carboxylic acids is 2. The molecule has 28 heavy (non-hydrogen) atoms. The predicted molar refractivity (Wildman–Crippen MR) is 109 cm³/mol. The highest BCUT2D eigenvalue weighted by molar-refractivity contribution is 5.94. The van der Waals surface area contributed by atoms with E-state index in [9.17, 15) is 9.59 Å². The number of piperidine rings is 1. The summed E-state index contributed by atoms with van der Waals surface area (Å²) in [5, 5.41) is 3.25. The third kappa shape index (κ3) is 4.26. The van der Waals surface area contributed by atoms with Crippen molar-refractivity contribution in [3.05, 3.63) is 35.4 Å². The Hall–Kier alpha value is -2.24. The number of carbonyl (C=O) groups is 2. The third-order valence-electron chi connectivity index (χ3n) is 6.08. The average Bonchev–Trinajstić information content (AvgIpc) is 3.47. The molecule has 3 rings (SSSR count). The van der Waals surface area contributed by atoms with E-state index in [1.807, 2.05) is 24.8 Å². The van der Waals surface area contributed by atoms with E-state index in [4.69, 9.17) is 0 Å². The summed E-state index contributed by atoms with van der Waals surface area (Å²) >= 11 is 0. The number of likely N-dealkylation sites (tertiary alicyclic amines) is 1. The summed E-state index contributed by atoms with van der Waals surface area (Å²) in [4.78, 5) is 35.7. The van der Waals surface area contributed by atoms with Crippen molar-refractivity contribution in [3.63, 3.8) is 0 Å². The molecule has 0 unspecified atom stereocenters. The number of nitrogens with one attached hydrogen (secondary N) is 1. The van der Waals surface area contributed by atoms with Gasteiger partial charge in [0.2, 0.25) is 5.91 Å². The van der Waals surface area contributed by atoms with Crippen LogP contribution in [0.5, 0.6) is 0 Å². The molecule has 2 aliphatic rings. The van der Waals surface area contributed by atoms with Gasteiger partial charge in [-0.05, 0) is 45.4 Å². The Morgan fingerprint density at radius 1 is 1.18 bits per heavy atom. The molecule has 6 nitrogen and oxygen atoms in total. The fraction of sp³-hybridized carbons (Fsp3) is 0.636. The maximum atomic E-state index is 12.8. The van der Waals surface area contributed by atoms with Crippen LogP contribution in [0.4, 0.5) is 0 Å². The molecule has 1 aliphatic heterocycles. The Balaban J connectivity index is 1.58. The summed E-state index contributed by atoms with van der Waals surface area (Å²) in [5.41, 5.74) is 1.12. The molecule has 1 N–H and O–H groups in total. The van der Waals surface area contributed by atoms with E-state index in [1.165, 1.54) is 0 Å². The Labute approximate surface area is 167 Å². The standard InChI is InChI=1S/C22H32N4O2/c1-6-15(2)18(27)25-22(9-10-22)17-7-11-26(12-8-17)19(28)16-13-23-20(24-14-16)21(3,4)5/h6,13-14,17H,7-12H2,1-5H3,(H,25,27)/b15-6+. The predicted octanol–water partition coefficient (Wildman–Crippen LogP) is 3.24. The summed E-state index contributed by atoms with van der Waals surface area (Å²) in [5.74, 6) is 1.21. The number of hydrogen-bond acceptors (Lipinski definition) is 4. The van der Waals surface area contributed by atoms with Gasteiger partial charge in [-0.2, -0.15) is 0 Å². The van der Waals surface area contributed by atoms with Gasteiger partial charge in [0.1, 0.15) is 5.82 Å². The van der Waals surface area contributed by atoms with Crippen molar-refractivity contribution in [2.45, 2.75) is 71.3 Å². The van der Waals surface area contributed by atoms with E-state index in [0.29, 0.717) is 24.6 Å². The molecule has 1 saturated carbocycles. The Morgan fingerprint density at radius 2 is 1.75 bits per heavy atom. The fourth-order valence-electron chi connectivity index (χ4n) is 3.87. The number of nitrogens with zero attached hydrogens (tertiary/aromatic N) is 3. The zero-order valence-corrected chi connectivity index (χ0v) is 17.7. The van der Waals surface area contributed by atoms with Gasteiger partial charge in [-0.25, -0.2) is 9.97 Å². The Kier molecular flexibility index (Phi) is 5.60. The van der Waals surface area contributed by atoms with Gasteiger partial charge in [0.05, 0.1) is 5.56 Å². The first-order valence-electron chi connectivity index (χ1n) is 10.2. The minimum Gasteiger partial charge on any atom is -0.347 e. The molecular weight excluding hydrogens is 352 g/mol. The van der Waals surface area contributed by atoms with E-state index in [2.05, 4.69) is 36.1 Å². The first-order valence-corrected chi connectivity index (χ1v) is 10.2. The number of rotatable bonds is 4. The third-order valence-corrected chi connectivity index (χ3v) is 6.08. The second-order valence-electron chi connectivity index (χ2n) is 9.19. The van der Waals surface area contributed by atoms with Crippen molar-refractivity contribution in [2.24, 2.45) is 5.92 Å². The molecule has 6 heteroatoms. The molecule has 0 aromatic carbocycles. The van der Waals surface area contributed by atoms with Crippen LogP contribution in [0.1, 0.15) is 76.5 Å². The Bertz CT molecular complexity index is 765. The second-order valence-corrected chi connectivity index (χ2v) is 9.19. The quantitative estimate of drug-likeness (QED) is 0.809. The molecule has 2 fully saturated rings. The van der Waals surface area contributed by atoms with Crippen molar-refractivity contribution in [1.29, 1.82) is 0 Å². The van der Waals surface area contributed by atoms with E-state index in [0.717, 1.165) is 37.1 Å². The molecule has 0 atom stereocenters. The molecule has 0 bridgehead atoms. The molecule has 1 saturated heterocycles. The summed E-state index contributed by atoms with van der Waals surface area (Å²) < 4.78 is 0. The lowest BCUT2D eigenvalue weighted by molar-refractivity contribution is -0.119. The molecule has 1 aromatic rings. The van der Waals surface area contributed by atoms with E-state index in [-0.39, 0.29) is 22.8 Å². The first-order chi connectivity index (χ1) is 13.2. The molecule has 2 amide bonds. The topological polar surface area (TPSA) is 75.2 Å². The van der Waals surface area contributed by atoms with Crippen LogP contribution < -0.4 is 5.32 Å². The van der Waals surface area contributed by atoms with Crippen LogP contribution in [0, 0.1) is 5.92 Å². The summed E-state index contributed by atoms with van der Waals surface area (Å²) in [7, 11) is 0. The number of hydrogen-bond donors (Lipinski definition) is 1. The second kappa shape index (κ2) is 7.64. The lowest BCUT2D eigenvalue weighted by Crippen LogP contribution is -2.48. The number of amides is 2. The van der Waals surface area contributed by atoms with Crippen LogP contribution in [0.3, 0.4) is 0 Å². The molecule has 1 aromatic heterocycles. The number of allylic oxidation sites excluding steroid dienone is 1. The minimum absolute atomic E-state index is 0.00227. The van der Waals surface area contributed by atoms with Crippen molar-refractivity contribution < 1.29 is 9.59 Å². The Morgan fingerprint density at radius 3 is 2.21 bits per heavy atom. The smallest absolute Gasteiger partial charge is 0.256 e. The van der Waals surface area contributed by atoms with Gasteiger partial charge < -0.3 is 10.2 Å².